The van der Waals surface area contributed by atoms with E-state index in [0.717, 1.165) is 28.2 Å². The van der Waals surface area contributed by atoms with Crippen LogP contribution >= 0.6 is 15.9 Å². The summed E-state index contributed by atoms with van der Waals surface area (Å²) in [6, 6.07) is 8.42. The number of hydrogen-bond donors (Lipinski definition) is 1. The van der Waals surface area contributed by atoms with Crippen LogP contribution in [0.2, 0.25) is 0 Å². The molecule has 90 valence electrons. The Morgan fingerprint density at radius 1 is 1.29 bits per heavy atom. The van der Waals surface area contributed by atoms with E-state index in [4.69, 9.17) is 0 Å². The molecule has 0 unspecified atom stereocenters. The molecule has 0 aliphatic rings. The van der Waals surface area contributed by atoms with Gasteiger partial charge in [0.25, 0.3) is 0 Å². The summed E-state index contributed by atoms with van der Waals surface area (Å²) in [6.45, 7) is 2.85. The summed E-state index contributed by atoms with van der Waals surface area (Å²) in [5.74, 6) is 0.988. The molecule has 1 heterocycles. The second-order valence-electron chi connectivity index (χ2n) is 4.13. The van der Waals surface area contributed by atoms with E-state index in [9.17, 15) is 0 Å². The van der Waals surface area contributed by atoms with Crippen LogP contribution in [0.3, 0.4) is 0 Å². The molecule has 0 amide bonds. The molecule has 0 aliphatic carbocycles. The average molecular weight is 294 g/mol. The molecule has 2 rings (SSSR count). The van der Waals surface area contributed by atoms with E-state index in [2.05, 4.69) is 62.0 Å². The van der Waals surface area contributed by atoms with Gasteiger partial charge in [0.1, 0.15) is 10.4 Å². The van der Waals surface area contributed by atoms with Gasteiger partial charge in [-0.3, -0.25) is 0 Å². The van der Waals surface area contributed by atoms with E-state index in [0.29, 0.717) is 0 Å². The third kappa shape index (κ3) is 2.42. The Morgan fingerprint density at radius 2 is 1.94 bits per heavy atom. The van der Waals surface area contributed by atoms with Crippen molar-refractivity contribution in [3.63, 3.8) is 0 Å². The zero-order valence-corrected chi connectivity index (χ0v) is 11.9. The summed E-state index contributed by atoms with van der Waals surface area (Å²) in [5, 5.41) is 3.12. The van der Waals surface area contributed by atoms with Crippen LogP contribution in [0.5, 0.6) is 0 Å². The number of nitrogens with one attached hydrogen (secondary N) is 1. The maximum absolute atomic E-state index is 4.65. The first-order valence-corrected chi connectivity index (χ1v) is 6.35. The van der Waals surface area contributed by atoms with Gasteiger partial charge >= 0.3 is 0 Å². The van der Waals surface area contributed by atoms with Crippen molar-refractivity contribution in [3.8, 4) is 11.4 Å². The van der Waals surface area contributed by atoms with Gasteiger partial charge in [0.05, 0.1) is 5.69 Å². The highest BCUT2D eigenvalue weighted by molar-refractivity contribution is 9.10. The van der Waals surface area contributed by atoms with Gasteiger partial charge in [-0.25, -0.2) is 4.98 Å². The first kappa shape index (κ1) is 12.3. The molecule has 1 N–H and O–H groups in total. The number of aromatic nitrogens is 2. The van der Waals surface area contributed by atoms with Gasteiger partial charge in [-0.15, -0.1) is 0 Å². The van der Waals surface area contributed by atoms with Crippen LogP contribution in [0.1, 0.15) is 11.3 Å². The summed E-state index contributed by atoms with van der Waals surface area (Å²) in [6.07, 6.45) is 0. The van der Waals surface area contributed by atoms with Crippen LogP contribution in [0, 0.1) is 6.92 Å². The minimum atomic E-state index is 0.764. The van der Waals surface area contributed by atoms with Crippen LogP contribution in [-0.4, -0.2) is 16.6 Å². The van der Waals surface area contributed by atoms with Crippen LogP contribution in [0.15, 0.2) is 28.9 Å². The molecule has 0 bridgehead atoms. The molecule has 17 heavy (non-hydrogen) atoms. The maximum atomic E-state index is 4.65. The highest BCUT2D eigenvalue weighted by atomic mass is 79.9. The monoisotopic (exact) mass is 293 g/mol. The summed E-state index contributed by atoms with van der Waals surface area (Å²) in [4.78, 5) is 4.65. The Hall–Kier alpha value is -1.13. The molecule has 0 spiro atoms. The quantitative estimate of drug-likeness (QED) is 0.943. The Labute approximate surface area is 110 Å². The van der Waals surface area contributed by atoms with Crippen molar-refractivity contribution < 1.29 is 0 Å². The molecular weight excluding hydrogens is 278 g/mol. The molecule has 0 saturated carbocycles. The van der Waals surface area contributed by atoms with Crippen molar-refractivity contribution in [1.29, 1.82) is 0 Å². The summed E-state index contributed by atoms with van der Waals surface area (Å²) < 4.78 is 3.10. The number of aryl methyl sites for hydroxylation is 1. The fourth-order valence-corrected chi connectivity index (χ4v) is 2.17. The summed E-state index contributed by atoms with van der Waals surface area (Å²) in [7, 11) is 3.94. The lowest BCUT2D eigenvalue weighted by Crippen LogP contribution is -2.05. The first-order chi connectivity index (χ1) is 8.13. The lowest BCUT2D eigenvalue weighted by atomic mass is 10.1. The normalized spacial score (nSPS) is 10.8. The molecule has 0 radical (unpaired) electrons. The predicted molar refractivity (Wildman–Crippen MR) is 73.8 cm³/mol. The highest BCUT2D eigenvalue weighted by Crippen LogP contribution is 2.25. The number of nitrogens with zero attached hydrogens (tertiary/aromatic N) is 2. The molecule has 0 fully saturated rings. The Balaban J connectivity index is 2.45. The lowest BCUT2D eigenvalue weighted by Gasteiger charge is -2.02. The van der Waals surface area contributed by atoms with Gasteiger partial charge in [0, 0.05) is 19.2 Å². The highest BCUT2D eigenvalue weighted by Gasteiger charge is 2.12. The molecule has 0 aliphatic heterocycles. The molecule has 2 aromatic rings. The minimum absolute atomic E-state index is 0.764. The van der Waals surface area contributed by atoms with E-state index in [1.807, 2.05) is 14.1 Å². The second kappa shape index (κ2) is 5.02. The van der Waals surface area contributed by atoms with Gasteiger partial charge < -0.3 is 9.88 Å². The SMILES string of the molecule is CNCc1nc(-c2ccc(C)cc2)n(C)c1Br. The van der Waals surface area contributed by atoms with Crippen molar-refractivity contribution in [1.82, 2.24) is 14.9 Å². The molecular formula is C13H16BrN3. The van der Waals surface area contributed by atoms with Crippen molar-refractivity contribution in [3.05, 3.63) is 40.1 Å². The summed E-state index contributed by atoms with van der Waals surface area (Å²) >= 11 is 3.57. The molecule has 0 saturated heterocycles. The Kier molecular flexibility index (Phi) is 3.64. The largest absolute Gasteiger partial charge is 0.322 e. The standard InChI is InChI=1S/C13H16BrN3/c1-9-4-6-10(7-5-9)13-16-11(8-15-2)12(14)17(13)3/h4-7,15H,8H2,1-3H3. The van der Waals surface area contributed by atoms with Crippen LogP contribution in [-0.2, 0) is 13.6 Å². The number of benzene rings is 1. The molecule has 4 heteroatoms. The molecule has 1 aromatic carbocycles. The number of halogens is 1. The summed E-state index contributed by atoms with van der Waals surface area (Å²) in [5.41, 5.74) is 3.43. The predicted octanol–water partition coefficient (Wildman–Crippen LogP) is 2.88. The van der Waals surface area contributed by atoms with Crippen molar-refractivity contribution in [2.24, 2.45) is 7.05 Å². The zero-order valence-electron chi connectivity index (χ0n) is 10.3. The van der Waals surface area contributed by atoms with Crippen LogP contribution in [0.25, 0.3) is 11.4 Å². The van der Waals surface area contributed by atoms with Gasteiger partial charge in [-0.05, 0) is 29.9 Å². The fourth-order valence-electron chi connectivity index (χ4n) is 1.78. The molecule has 0 atom stereocenters. The molecule has 1 aromatic heterocycles. The first-order valence-electron chi connectivity index (χ1n) is 5.56. The van der Waals surface area contributed by atoms with Crippen LogP contribution < -0.4 is 5.32 Å². The number of rotatable bonds is 3. The topological polar surface area (TPSA) is 29.9 Å². The number of hydrogen-bond acceptors (Lipinski definition) is 2. The average Bonchev–Trinajstić information content (AvgIpc) is 2.59. The second-order valence-corrected chi connectivity index (χ2v) is 4.88. The van der Waals surface area contributed by atoms with Crippen molar-refractivity contribution >= 4 is 15.9 Å². The maximum Gasteiger partial charge on any atom is 0.140 e. The van der Waals surface area contributed by atoms with E-state index < -0.39 is 0 Å². The van der Waals surface area contributed by atoms with Gasteiger partial charge in [0.15, 0.2) is 0 Å². The molecule has 3 nitrogen and oxygen atoms in total. The minimum Gasteiger partial charge on any atom is -0.322 e. The van der Waals surface area contributed by atoms with Crippen LogP contribution in [0.4, 0.5) is 0 Å². The third-order valence-corrected chi connectivity index (χ3v) is 3.73. The van der Waals surface area contributed by atoms with E-state index in [1.54, 1.807) is 0 Å². The Bertz CT molecular complexity index is 514. The van der Waals surface area contributed by atoms with Crippen molar-refractivity contribution in [2.75, 3.05) is 7.05 Å². The Morgan fingerprint density at radius 3 is 2.53 bits per heavy atom. The zero-order chi connectivity index (χ0) is 12.4. The number of imidazole rings is 1. The van der Waals surface area contributed by atoms with E-state index in [-0.39, 0.29) is 0 Å². The van der Waals surface area contributed by atoms with Crippen molar-refractivity contribution in [2.45, 2.75) is 13.5 Å². The van der Waals surface area contributed by atoms with E-state index in [1.165, 1.54) is 5.56 Å². The van der Waals surface area contributed by atoms with Gasteiger partial charge in [0.2, 0.25) is 0 Å². The van der Waals surface area contributed by atoms with Gasteiger partial charge in [-0.2, -0.15) is 0 Å². The van der Waals surface area contributed by atoms with E-state index >= 15 is 0 Å². The third-order valence-electron chi connectivity index (χ3n) is 2.75. The smallest absolute Gasteiger partial charge is 0.140 e. The fraction of sp³-hybridized carbons (Fsp3) is 0.308. The van der Waals surface area contributed by atoms with Gasteiger partial charge in [-0.1, -0.05) is 29.8 Å². The lowest BCUT2D eigenvalue weighted by molar-refractivity contribution is 0.788.